The zero-order chi connectivity index (χ0) is 24.4. The Hall–Kier alpha value is -3.88. The summed E-state index contributed by atoms with van der Waals surface area (Å²) in [6.07, 6.45) is 2.72. The van der Waals surface area contributed by atoms with Gasteiger partial charge in [-0.1, -0.05) is 35.9 Å². The maximum absolute atomic E-state index is 13.4. The van der Waals surface area contributed by atoms with Gasteiger partial charge in [0, 0.05) is 5.56 Å². The van der Waals surface area contributed by atoms with E-state index in [4.69, 9.17) is 32.4 Å². The predicted molar refractivity (Wildman–Crippen MR) is 125 cm³/mol. The van der Waals surface area contributed by atoms with Crippen LogP contribution in [-0.2, 0) is 14.3 Å². The number of hydrogen-bond donors (Lipinski definition) is 1. The number of carbonyl (C=O) groups excluding carboxylic acids is 3. The van der Waals surface area contributed by atoms with Gasteiger partial charge in [0.05, 0.1) is 21.3 Å². The van der Waals surface area contributed by atoms with Crippen molar-refractivity contribution in [3.8, 4) is 11.3 Å². The number of benzene rings is 2. The number of halogens is 3. The zero-order valence-corrected chi connectivity index (χ0v) is 18.8. The minimum absolute atomic E-state index is 0.0368. The molecule has 172 valence electrons. The Bertz CT molecular complexity index is 1370. The van der Waals surface area contributed by atoms with Crippen molar-refractivity contribution in [3.63, 3.8) is 0 Å². The third kappa shape index (κ3) is 4.59. The van der Waals surface area contributed by atoms with Crippen molar-refractivity contribution < 1.29 is 27.9 Å². The average Bonchev–Trinajstić information content (AvgIpc) is 3.40. The lowest BCUT2D eigenvalue weighted by molar-refractivity contribution is -0.117. The third-order valence-electron chi connectivity index (χ3n) is 4.77. The van der Waals surface area contributed by atoms with E-state index in [0.717, 1.165) is 11.1 Å². The van der Waals surface area contributed by atoms with Gasteiger partial charge in [-0.2, -0.15) is 0 Å². The van der Waals surface area contributed by atoms with E-state index >= 15 is 0 Å². The minimum atomic E-state index is -0.665. The first-order chi connectivity index (χ1) is 16.3. The quantitative estimate of drug-likeness (QED) is 0.217. The Morgan fingerprint density at radius 3 is 2.65 bits per heavy atom. The van der Waals surface area contributed by atoms with Gasteiger partial charge in [0.15, 0.2) is 0 Å². The van der Waals surface area contributed by atoms with E-state index in [9.17, 15) is 18.8 Å². The van der Waals surface area contributed by atoms with E-state index in [2.05, 4.69) is 12.0 Å². The van der Waals surface area contributed by atoms with Gasteiger partial charge in [-0.05, 0) is 54.6 Å². The van der Waals surface area contributed by atoms with Gasteiger partial charge in [-0.25, -0.2) is 14.2 Å². The summed E-state index contributed by atoms with van der Waals surface area (Å²) in [7, 11) is 0. The third-order valence-corrected chi connectivity index (χ3v) is 5.39. The Kier molecular flexibility index (Phi) is 6.54. The molecule has 2 amide bonds. The summed E-state index contributed by atoms with van der Waals surface area (Å²) < 4.78 is 24.2. The van der Waals surface area contributed by atoms with Crippen LogP contribution >= 0.6 is 23.2 Å². The summed E-state index contributed by atoms with van der Waals surface area (Å²) in [6, 6.07) is 11.5. The van der Waals surface area contributed by atoms with Crippen molar-refractivity contribution in [3.05, 3.63) is 93.9 Å². The highest BCUT2D eigenvalue weighted by molar-refractivity contribution is 6.34. The van der Waals surface area contributed by atoms with Gasteiger partial charge >= 0.3 is 5.97 Å². The fraction of sp³-hybridized carbons (Fsp3) is 0.0417. The standard InChI is InChI=1S/C24H15Cl2FN2O5/c1-2-9-33-24(32)16-10-13(3-6-18(16)25)21-8-5-15(34-21)12-17-22(30)28-29(23(17)31)14-4-7-20(27)19(26)11-14/h2-8,10-12H,1,9H2,(H,28,30). The molecule has 0 radical (unpaired) electrons. The van der Waals surface area contributed by atoms with Crippen LogP contribution in [0.3, 0.4) is 0 Å². The molecule has 0 bridgehead atoms. The fourth-order valence-electron chi connectivity index (χ4n) is 3.14. The van der Waals surface area contributed by atoms with Crippen molar-refractivity contribution >= 4 is 52.7 Å². The molecular formula is C24H15Cl2FN2O5. The Morgan fingerprint density at radius 1 is 1.12 bits per heavy atom. The smallest absolute Gasteiger partial charge is 0.339 e. The number of carbonyl (C=O) groups is 3. The topological polar surface area (TPSA) is 88.9 Å². The average molecular weight is 501 g/mol. The molecule has 7 nitrogen and oxygen atoms in total. The molecule has 1 aliphatic rings. The van der Waals surface area contributed by atoms with Crippen LogP contribution in [0.5, 0.6) is 0 Å². The van der Waals surface area contributed by atoms with Crippen LogP contribution in [0.4, 0.5) is 10.1 Å². The van der Waals surface area contributed by atoms with E-state index in [1.54, 1.807) is 18.2 Å². The second kappa shape index (κ2) is 9.54. The van der Waals surface area contributed by atoms with E-state index in [1.165, 1.54) is 36.4 Å². The molecule has 1 aliphatic heterocycles. The normalized spacial score (nSPS) is 14.4. The monoisotopic (exact) mass is 500 g/mol. The Morgan fingerprint density at radius 2 is 1.91 bits per heavy atom. The molecule has 1 aromatic heterocycles. The van der Waals surface area contributed by atoms with Gasteiger partial charge in [-0.15, -0.1) is 0 Å². The maximum Gasteiger partial charge on any atom is 0.339 e. The summed E-state index contributed by atoms with van der Waals surface area (Å²) in [4.78, 5) is 37.3. The van der Waals surface area contributed by atoms with Crippen molar-refractivity contribution in [2.24, 2.45) is 0 Å². The lowest BCUT2D eigenvalue weighted by atomic mass is 10.1. The first kappa shape index (κ1) is 23.3. The maximum atomic E-state index is 13.4. The van der Waals surface area contributed by atoms with Gasteiger partial charge in [0.1, 0.15) is 29.5 Å². The molecule has 0 aliphatic carbocycles. The number of nitrogens with one attached hydrogen (secondary N) is 1. The summed E-state index contributed by atoms with van der Waals surface area (Å²) in [5, 5.41) is 0.980. The van der Waals surface area contributed by atoms with Crippen LogP contribution in [0.1, 0.15) is 16.1 Å². The number of hydrogen-bond acceptors (Lipinski definition) is 5. The van der Waals surface area contributed by atoms with Crippen molar-refractivity contribution in [1.29, 1.82) is 0 Å². The van der Waals surface area contributed by atoms with E-state index in [-0.39, 0.29) is 39.2 Å². The molecule has 4 rings (SSSR count). The molecule has 0 saturated carbocycles. The molecule has 10 heteroatoms. The summed E-state index contributed by atoms with van der Waals surface area (Å²) >= 11 is 11.9. The molecule has 2 aromatic carbocycles. The SMILES string of the molecule is C=CCOC(=O)c1cc(-c2ccc(C=C3C(=O)NN(c4ccc(F)c(Cl)c4)C3=O)o2)ccc1Cl. The minimum Gasteiger partial charge on any atom is -0.458 e. The number of esters is 1. The number of rotatable bonds is 6. The molecule has 0 unspecified atom stereocenters. The molecule has 1 fully saturated rings. The first-order valence-corrected chi connectivity index (χ1v) is 10.5. The van der Waals surface area contributed by atoms with E-state index in [0.29, 0.717) is 11.3 Å². The molecule has 3 aromatic rings. The van der Waals surface area contributed by atoms with E-state index in [1.807, 2.05) is 0 Å². The number of anilines is 1. The van der Waals surface area contributed by atoms with Gasteiger partial charge < -0.3 is 9.15 Å². The molecule has 34 heavy (non-hydrogen) atoms. The van der Waals surface area contributed by atoms with Crippen LogP contribution in [0.15, 0.2) is 71.2 Å². The van der Waals surface area contributed by atoms with Crippen molar-refractivity contribution in [2.75, 3.05) is 11.6 Å². The number of nitrogens with zero attached hydrogens (tertiary/aromatic N) is 1. The molecule has 0 atom stereocenters. The number of furan rings is 1. The van der Waals surface area contributed by atoms with Crippen LogP contribution in [0.2, 0.25) is 10.0 Å². The molecule has 2 heterocycles. The van der Waals surface area contributed by atoms with Gasteiger partial charge in [-0.3, -0.25) is 15.0 Å². The number of hydrazine groups is 1. The molecule has 0 spiro atoms. The van der Waals surface area contributed by atoms with Crippen LogP contribution in [0, 0.1) is 5.82 Å². The Labute approximate surface area is 203 Å². The van der Waals surface area contributed by atoms with Crippen LogP contribution in [-0.4, -0.2) is 24.4 Å². The highest BCUT2D eigenvalue weighted by atomic mass is 35.5. The van der Waals surface area contributed by atoms with Gasteiger partial charge in [0.2, 0.25) is 0 Å². The largest absolute Gasteiger partial charge is 0.458 e. The van der Waals surface area contributed by atoms with Gasteiger partial charge in [0.25, 0.3) is 11.8 Å². The number of ether oxygens (including phenoxy) is 1. The molecular weight excluding hydrogens is 486 g/mol. The highest BCUT2D eigenvalue weighted by Gasteiger charge is 2.35. The Balaban J connectivity index is 1.59. The summed E-state index contributed by atoms with van der Waals surface area (Å²) in [5.74, 6) is -2.00. The van der Waals surface area contributed by atoms with Crippen molar-refractivity contribution in [1.82, 2.24) is 5.43 Å². The van der Waals surface area contributed by atoms with Crippen LogP contribution < -0.4 is 10.4 Å². The second-order valence-corrected chi connectivity index (χ2v) is 7.84. The first-order valence-electron chi connectivity index (χ1n) is 9.78. The van der Waals surface area contributed by atoms with Crippen LogP contribution in [0.25, 0.3) is 17.4 Å². The van der Waals surface area contributed by atoms with Crippen molar-refractivity contribution in [2.45, 2.75) is 0 Å². The second-order valence-electron chi connectivity index (χ2n) is 7.02. The number of amides is 2. The zero-order valence-electron chi connectivity index (χ0n) is 17.3. The summed E-state index contributed by atoms with van der Waals surface area (Å²) in [6.45, 7) is 3.53. The predicted octanol–water partition coefficient (Wildman–Crippen LogP) is 5.20. The van der Waals surface area contributed by atoms with E-state index < -0.39 is 23.6 Å². The molecule has 1 N–H and O–H groups in total. The molecule has 1 saturated heterocycles. The highest BCUT2D eigenvalue weighted by Crippen LogP contribution is 2.30. The fourth-order valence-corrected chi connectivity index (χ4v) is 3.51. The summed E-state index contributed by atoms with van der Waals surface area (Å²) in [5.41, 5.74) is 3.09. The lowest BCUT2D eigenvalue weighted by Crippen LogP contribution is -2.35. The lowest BCUT2D eigenvalue weighted by Gasteiger charge is -2.14.